The van der Waals surface area contributed by atoms with Crippen LogP contribution in [0.4, 0.5) is 0 Å². The first-order valence-electron chi connectivity index (χ1n) is 7.87. The van der Waals surface area contributed by atoms with Crippen LogP contribution in [-0.2, 0) is 11.2 Å². The Balaban J connectivity index is 0.00000242. The first kappa shape index (κ1) is 18.8. The number of hydrogen-bond donors (Lipinski definition) is 1. The number of likely N-dealkylation sites (tertiary alicyclic amines) is 1. The number of hydrogen-bond acceptors (Lipinski definition) is 3. The number of ether oxygens (including phenoxy) is 1. The van der Waals surface area contributed by atoms with Crippen molar-refractivity contribution in [1.82, 2.24) is 10.2 Å². The molecule has 0 saturated carbocycles. The number of piperidine rings is 1. The van der Waals surface area contributed by atoms with Gasteiger partial charge in [-0.25, -0.2) is 0 Å². The number of nitrogens with zero attached hydrogens (tertiary/aromatic N) is 1. The van der Waals surface area contributed by atoms with E-state index in [1.165, 1.54) is 0 Å². The Bertz CT molecular complexity index is 442. The van der Waals surface area contributed by atoms with E-state index < -0.39 is 0 Å². The minimum Gasteiger partial charge on any atom is -0.494 e. The van der Waals surface area contributed by atoms with Crippen molar-refractivity contribution in [3.8, 4) is 5.75 Å². The van der Waals surface area contributed by atoms with E-state index >= 15 is 0 Å². The zero-order chi connectivity index (χ0) is 15.1. The fourth-order valence-corrected chi connectivity index (χ4v) is 2.83. The van der Waals surface area contributed by atoms with Crippen molar-refractivity contribution in [2.45, 2.75) is 26.2 Å². The minimum absolute atomic E-state index is 0. The second-order valence-corrected chi connectivity index (χ2v) is 5.64. The van der Waals surface area contributed by atoms with Gasteiger partial charge in [0.05, 0.1) is 13.0 Å². The lowest BCUT2D eigenvalue weighted by atomic mass is 9.96. The fourth-order valence-electron chi connectivity index (χ4n) is 2.83. The summed E-state index contributed by atoms with van der Waals surface area (Å²) in [5, 5.41) is 3.22. The Morgan fingerprint density at radius 2 is 1.91 bits per heavy atom. The standard InChI is InChI=1S/C17H26N2O2.ClH/c1-3-21-16-6-4-14(5-7-16)12-17(20)19-10-8-15(9-11-19)13-18-2;/h4-7,15,18H,3,8-13H2,1-2H3;1H. The highest BCUT2D eigenvalue weighted by Crippen LogP contribution is 2.18. The minimum atomic E-state index is 0. The number of carbonyl (C=O) groups excluding carboxylic acids is 1. The third-order valence-electron chi connectivity index (χ3n) is 4.05. The van der Waals surface area contributed by atoms with Crippen LogP contribution < -0.4 is 10.1 Å². The van der Waals surface area contributed by atoms with Crippen molar-refractivity contribution in [1.29, 1.82) is 0 Å². The van der Waals surface area contributed by atoms with Crippen molar-refractivity contribution >= 4 is 18.3 Å². The maximum atomic E-state index is 12.3. The second-order valence-electron chi connectivity index (χ2n) is 5.64. The summed E-state index contributed by atoms with van der Waals surface area (Å²) >= 11 is 0. The summed E-state index contributed by atoms with van der Waals surface area (Å²) in [6, 6.07) is 7.84. The first-order valence-corrected chi connectivity index (χ1v) is 7.87. The lowest BCUT2D eigenvalue weighted by Crippen LogP contribution is -2.41. The quantitative estimate of drug-likeness (QED) is 0.873. The van der Waals surface area contributed by atoms with Crippen molar-refractivity contribution in [3.63, 3.8) is 0 Å². The summed E-state index contributed by atoms with van der Waals surface area (Å²) < 4.78 is 5.42. The highest BCUT2D eigenvalue weighted by atomic mass is 35.5. The van der Waals surface area contributed by atoms with Crippen molar-refractivity contribution < 1.29 is 9.53 Å². The highest BCUT2D eigenvalue weighted by molar-refractivity contribution is 5.85. The summed E-state index contributed by atoms with van der Waals surface area (Å²) in [7, 11) is 1.99. The van der Waals surface area contributed by atoms with E-state index in [-0.39, 0.29) is 18.3 Å². The lowest BCUT2D eigenvalue weighted by Gasteiger charge is -2.32. The smallest absolute Gasteiger partial charge is 0.226 e. The maximum absolute atomic E-state index is 12.3. The largest absolute Gasteiger partial charge is 0.494 e. The molecule has 1 amide bonds. The third-order valence-corrected chi connectivity index (χ3v) is 4.05. The van der Waals surface area contributed by atoms with Gasteiger partial charge in [-0.15, -0.1) is 12.4 Å². The van der Waals surface area contributed by atoms with Gasteiger partial charge < -0.3 is 15.0 Å². The molecule has 0 bridgehead atoms. The van der Waals surface area contributed by atoms with E-state index in [1.54, 1.807) is 0 Å². The van der Waals surface area contributed by atoms with Crippen LogP contribution in [0.3, 0.4) is 0 Å². The Morgan fingerprint density at radius 3 is 2.45 bits per heavy atom. The van der Waals surface area contributed by atoms with Gasteiger partial charge in [-0.05, 0) is 57.0 Å². The zero-order valence-electron chi connectivity index (χ0n) is 13.5. The van der Waals surface area contributed by atoms with E-state index in [2.05, 4.69) is 5.32 Å². The molecule has 0 aliphatic carbocycles. The monoisotopic (exact) mass is 326 g/mol. The summed E-state index contributed by atoms with van der Waals surface area (Å²) in [5.74, 6) is 1.81. The average Bonchev–Trinajstić information content (AvgIpc) is 2.50. The molecule has 1 aromatic carbocycles. The van der Waals surface area contributed by atoms with Crippen LogP contribution in [0, 0.1) is 5.92 Å². The molecule has 0 unspecified atom stereocenters. The molecule has 4 nitrogen and oxygen atoms in total. The Hall–Kier alpha value is -1.26. The Labute approximate surface area is 139 Å². The van der Waals surface area contributed by atoms with Gasteiger partial charge in [0.2, 0.25) is 5.91 Å². The van der Waals surface area contributed by atoms with Crippen LogP contribution in [0.15, 0.2) is 24.3 Å². The molecule has 22 heavy (non-hydrogen) atoms. The predicted molar refractivity (Wildman–Crippen MR) is 91.8 cm³/mol. The predicted octanol–water partition coefficient (Wildman–Crippen LogP) is 2.51. The second kappa shape index (κ2) is 9.70. The molecule has 0 atom stereocenters. The van der Waals surface area contributed by atoms with Crippen LogP contribution in [0.25, 0.3) is 0 Å². The topological polar surface area (TPSA) is 41.6 Å². The highest BCUT2D eigenvalue weighted by Gasteiger charge is 2.22. The van der Waals surface area contributed by atoms with E-state index in [9.17, 15) is 4.79 Å². The number of benzene rings is 1. The molecule has 1 fully saturated rings. The summed E-state index contributed by atoms with van der Waals surface area (Å²) in [6.45, 7) is 5.47. The number of carbonyl (C=O) groups is 1. The van der Waals surface area contributed by atoms with Crippen molar-refractivity contribution in [3.05, 3.63) is 29.8 Å². The molecule has 1 saturated heterocycles. The SMILES string of the molecule is CCOc1ccc(CC(=O)N2CCC(CNC)CC2)cc1.Cl. The third kappa shape index (κ3) is 5.50. The Morgan fingerprint density at radius 1 is 1.27 bits per heavy atom. The van der Waals surface area contributed by atoms with Crippen LogP contribution in [-0.4, -0.2) is 44.1 Å². The fraction of sp³-hybridized carbons (Fsp3) is 0.588. The van der Waals surface area contributed by atoms with E-state index in [0.717, 1.165) is 43.8 Å². The Kier molecular flexibility index (Phi) is 8.28. The molecule has 0 aromatic heterocycles. The molecular formula is C17H27ClN2O2. The van der Waals surface area contributed by atoms with Crippen molar-refractivity contribution in [2.24, 2.45) is 5.92 Å². The number of halogens is 1. The molecule has 1 aliphatic heterocycles. The first-order chi connectivity index (χ1) is 10.2. The van der Waals surface area contributed by atoms with E-state index in [1.807, 2.05) is 43.1 Å². The molecule has 1 N–H and O–H groups in total. The van der Waals surface area contributed by atoms with Gasteiger partial charge >= 0.3 is 0 Å². The van der Waals surface area contributed by atoms with Gasteiger partial charge in [-0.1, -0.05) is 12.1 Å². The number of rotatable bonds is 6. The number of nitrogens with one attached hydrogen (secondary N) is 1. The molecule has 0 spiro atoms. The molecule has 124 valence electrons. The molecular weight excluding hydrogens is 300 g/mol. The summed E-state index contributed by atoms with van der Waals surface area (Å²) in [4.78, 5) is 14.3. The molecule has 0 radical (unpaired) electrons. The van der Waals surface area contributed by atoms with E-state index in [4.69, 9.17) is 4.74 Å². The summed E-state index contributed by atoms with van der Waals surface area (Å²) in [6.07, 6.45) is 2.70. The van der Waals surface area contributed by atoms with E-state index in [0.29, 0.717) is 18.9 Å². The normalized spacial score (nSPS) is 15.3. The van der Waals surface area contributed by atoms with Gasteiger partial charge in [-0.2, -0.15) is 0 Å². The average molecular weight is 327 g/mol. The lowest BCUT2D eigenvalue weighted by molar-refractivity contribution is -0.131. The van der Waals surface area contributed by atoms with Gasteiger partial charge in [0.15, 0.2) is 0 Å². The van der Waals surface area contributed by atoms with Crippen LogP contribution in [0.1, 0.15) is 25.3 Å². The van der Waals surface area contributed by atoms with Gasteiger partial charge in [0, 0.05) is 13.1 Å². The maximum Gasteiger partial charge on any atom is 0.226 e. The van der Waals surface area contributed by atoms with Crippen LogP contribution in [0.5, 0.6) is 5.75 Å². The van der Waals surface area contributed by atoms with Crippen LogP contribution >= 0.6 is 12.4 Å². The number of amides is 1. The molecule has 5 heteroatoms. The summed E-state index contributed by atoms with van der Waals surface area (Å²) in [5.41, 5.74) is 1.06. The van der Waals surface area contributed by atoms with Gasteiger partial charge in [0.25, 0.3) is 0 Å². The molecule has 2 rings (SSSR count). The van der Waals surface area contributed by atoms with Crippen molar-refractivity contribution in [2.75, 3.05) is 33.3 Å². The molecule has 1 aromatic rings. The molecule has 1 heterocycles. The zero-order valence-corrected chi connectivity index (χ0v) is 14.3. The van der Waals surface area contributed by atoms with Gasteiger partial charge in [-0.3, -0.25) is 4.79 Å². The molecule has 1 aliphatic rings. The van der Waals surface area contributed by atoms with Gasteiger partial charge in [0.1, 0.15) is 5.75 Å². The van der Waals surface area contributed by atoms with Crippen LogP contribution in [0.2, 0.25) is 0 Å².